The first-order valence-corrected chi connectivity index (χ1v) is 42.1. The van der Waals surface area contributed by atoms with Gasteiger partial charge in [0.25, 0.3) is 0 Å². The monoisotopic (exact) mass is 1700 g/mol. The topological polar surface area (TPSA) is 354 Å². The van der Waals surface area contributed by atoms with Crippen molar-refractivity contribution in [3.63, 3.8) is 0 Å². The summed E-state index contributed by atoms with van der Waals surface area (Å²) < 4.78 is 162. The Kier molecular flexibility index (Phi) is 25.3. The van der Waals surface area contributed by atoms with Crippen LogP contribution in [-0.4, -0.2) is 222 Å². The van der Waals surface area contributed by atoms with E-state index in [-0.39, 0.29) is 128 Å². The number of rotatable bonds is 34. The average molecular weight is 1710 g/mol. The fraction of sp³-hybridized carbons (Fsp3) is 0.543. The Hall–Kier alpha value is -10.3. The van der Waals surface area contributed by atoms with Gasteiger partial charge in [0.1, 0.15) is 59.1 Å². The molecule has 0 spiro atoms. The van der Waals surface area contributed by atoms with Gasteiger partial charge in [-0.1, -0.05) is 55.2 Å². The summed E-state index contributed by atoms with van der Waals surface area (Å²) in [7, 11) is 0. The number of hydrogen-bond acceptors (Lipinski definition) is 16. The van der Waals surface area contributed by atoms with Crippen LogP contribution >= 0.6 is 0 Å². The number of nitrogens with zero attached hydrogens (tertiary/aromatic N) is 4. The minimum atomic E-state index is -2.58. The number of carbonyl (C=O) groups is 10. The molecule has 8 aromatic rings. The highest BCUT2D eigenvalue weighted by Crippen LogP contribution is 2.44. The van der Waals surface area contributed by atoms with Crippen LogP contribution in [0.15, 0.2) is 72.8 Å². The Labute approximate surface area is 725 Å². The minimum absolute atomic E-state index is 0.00665. The van der Waals surface area contributed by atoms with Crippen molar-refractivity contribution in [1.82, 2.24) is 60.8 Å². The first-order valence-electron chi connectivity index (χ1n) is 48.1. The highest BCUT2D eigenvalue weighted by atomic mass is 19.1. The molecule has 8 heterocycles. The molecule has 4 aliphatic heterocycles. The second kappa shape index (κ2) is 40.4. The van der Waals surface area contributed by atoms with Crippen molar-refractivity contribution in [2.24, 2.45) is 23.7 Å². The van der Waals surface area contributed by atoms with Crippen molar-refractivity contribution >= 4 is 103 Å². The van der Waals surface area contributed by atoms with E-state index in [1.165, 1.54) is 99.9 Å². The van der Waals surface area contributed by atoms with Crippen LogP contribution in [0.3, 0.4) is 0 Å². The van der Waals surface area contributed by atoms with E-state index in [0.717, 1.165) is 0 Å². The quantitative estimate of drug-likeness (QED) is 0.0132. The van der Waals surface area contributed by atoms with Gasteiger partial charge in [-0.3, -0.25) is 47.9 Å². The van der Waals surface area contributed by atoms with Crippen molar-refractivity contribution in [2.75, 3.05) is 40.1 Å². The van der Waals surface area contributed by atoms with Crippen LogP contribution in [0.5, 0.6) is 0 Å². The van der Waals surface area contributed by atoms with E-state index in [0.29, 0.717) is 88.6 Å². The number of carbonyl (C=O) groups excluding carboxylic acids is 10. The number of amides is 6. The minimum Gasteiger partial charge on any atom is -0.461 e. The summed E-state index contributed by atoms with van der Waals surface area (Å²) in [6.45, 7) is 5.33. The van der Waals surface area contributed by atoms with Crippen LogP contribution in [0.25, 0.3) is 66.4 Å². The Morgan fingerprint density at radius 3 is 1.02 bits per heavy atom. The summed E-state index contributed by atoms with van der Waals surface area (Å²) in [6.07, 6.45) is -2.30. The van der Waals surface area contributed by atoms with Gasteiger partial charge >= 0.3 is 11.9 Å². The highest BCUT2D eigenvalue weighted by Gasteiger charge is 2.46. The summed E-state index contributed by atoms with van der Waals surface area (Å²) in [6, 6.07) is 10.3. The summed E-state index contributed by atoms with van der Waals surface area (Å²) >= 11 is 0. The molecule has 0 aliphatic carbocycles. The lowest BCUT2D eigenvalue weighted by atomic mass is 9.93. The standard InChI is InChI=1S/C48H62F2N6O8.C44H58F2N6O6/c1-9-25(4)46(60)54-40(11-3)48(62)56-24-35(64-28(7)58)20-33(56)22-39-37-15-13-31(50)18-42(37)53-45(39)44-38(36-14-12-30(49)17-41(36)52-44)21-32-19-34(63-27(6)57)23-55(32)47(61)29(10-2)16-43(59)26(5)51-8;1-7-23(4)42(56)50-36(9-3)44(58)52-22-31(54)18-29(52)20-35-33-13-11-27(46)16-38(33)49-41(35)40-34(32-12-10-26(45)15-37(32)48-40)19-28-17-30(53)21-51(28)43(57)25(8-2)14-39(55)24(5)47-6/h12-15,17-18,25-26,29,32-35,40,51-53H,9-11,16,19-24H2,1-8H3,(H,54,60);10-13,15-16,23-25,28-31,36,47-49,53-54H,7-9,14,17-22H2,1-6H3,(H,50,56)/t25-,26+,29-,32?,33+,34+,35+,40+;23-,24+,25-,28?,29+,30+,31+,36+/m11/s1/i1D3,8D3;1D3,6D3. The lowest BCUT2D eigenvalue weighted by Crippen LogP contribution is -2.51. The summed E-state index contributed by atoms with van der Waals surface area (Å²) in [5.74, 6) is -10.5. The average Bonchev–Trinajstić information content (AvgIpc) is 1.59. The highest BCUT2D eigenvalue weighted by molar-refractivity contribution is 5.99. The molecule has 4 aromatic heterocycles. The molecule has 12 rings (SSSR count). The van der Waals surface area contributed by atoms with Crippen LogP contribution in [0, 0.1) is 46.9 Å². The van der Waals surface area contributed by atoms with Gasteiger partial charge in [-0.2, -0.15) is 0 Å². The summed E-state index contributed by atoms with van der Waals surface area (Å²) in [5, 5.41) is 34.4. The molecular weight excluding hydrogens is 1570 g/mol. The number of aliphatic hydroxyl groups excluding tert-OH is 2. The number of benzene rings is 4. The third-order valence-electron chi connectivity index (χ3n) is 24.6. The lowest BCUT2D eigenvalue weighted by Gasteiger charge is -2.30. The third-order valence-corrected chi connectivity index (χ3v) is 24.6. The summed E-state index contributed by atoms with van der Waals surface area (Å²) in [4.78, 5) is 154. The Morgan fingerprint density at radius 2 is 0.730 bits per heavy atom. The second-order valence-electron chi connectivity index (χ2n) is 33.2. The number of aromatic nitrogens is 4. The fourth-order valence-electron chi connectivity index (χ4n) is 17.8. The molecule has 16 atom stereocenters. The molecule has 0 bridgehead atoms. The molecule has 10 N–H and O–H groups in total. The van der Waals surface area contributed by atoms with Gasteiger partial charge in [-0.15, -0.1) is 0 Å². The van der Waals surface area contributed by atoms with Crippen LogP contribution in [0.2, 0.25) is 0 Å². The molecule has 4 fully saturated rings. The number of ketones is 2. The molecule has 2 unspecified atom stereocenters. The number of Topliss-reactive ketones (excluding diaryl/α,β-unsaturated/α-hetero) is 2. The fourth-order valence-corrected chi connectivity index (χ4v) is 17.8. The molecule has 0 radical (unpaired) electrons. The zero-order valence-corrected chi connectivity index (χ0v) is 70.4. The van der Waals surface area contributed by atoms with Crippen molar-refractivity contribution in [1.29, 1.82) is 0 Å². The van der Waals surface area contributed by atoms with Crippen LogP contribution < -0.4 is 21.3 Å². The van der Waals surface area contributed by atoms with Crippen molar-refractivity contribution < 1.29 is 102 Å². The number of aliphatic hydroxyl groups is 2. The first kappa shape index (κ1) is 76.6. The third kappa shape index (κ3) is 20.8. The number of fused-ring (bicyclic) bond motifs is 4. The van der Waals surface area contributed by atoms with Crippen LogP contribution in [0.4, 0.5) is 17.6 Å². The van der Waals surface area contributed by atoms with Crippen LogP contribution in [0.1, 0.15) is 199 Å². The molecule has 660 valence electrons. The van der Waals surface area contributed by atoms with E-state index < -0.39 is 207 Å². The van der Waals surface area contributed by atoms with Crippen LogP contribution in [-0.2, 0) is 83.1 Å². The molecule has 6 amide bonds. The smallest absolute Gasteiger partial charge is 0.302 e. The van der Waals surface area contributed by atoms with E-state index >= 15 is 8.78 Å². The number of likely N-dealkylation sites (N-methyl/N-ethyl adjacent to an activating group) is 2. The molecule has 4 aromatic carbocycles. The zero-order chi connectivity index (χ0) is 98.6. The predicted octanol–water partition coefficient (Wildman–Crippen LogP) is 11.4. The Balaban J connectivity index is 0.000000259. The number of H-pyrrole nitrogens is 4. The van der Waals surface area contributed by atoms with Crippen molar-refractivity contribution in [2.45, 2.75) is 258 Å². The lowest BCUT2D eigenvalue weighted by molar-refractivity contribution is -0.147. The first-order chi connectivity index (χ1) is 62.7. The largest absolute Gasteiger partial charge is 0.461 e. The van der Waals surface area contributed by atoms with Crippen molar-refractivity contribution in [3.05, 3.63) is 118 Å². The van der Waals surface area contributed by atoms with E-state index in [1.807, 2.05) is 0 Å². The van der Waals surface area contributed by atoms with Gasteiger partial charge in [0.15, 0.2) is 0 Å². The van der Waals surface area contributed by atoms with Gasteiger partial charge in [0, 0.05) is 161 Å². The SMILES string of the molecule is [2H]C([2H])([2H])C[C@@H](C)C(=O)N[C@@H](CC)C(=O)N1C[C@@H](O)C[C@H]1Cc1c(-c2[nH]c3cc(F)ccc3c2CC2C[C@H](O)CN2C(=O)[C@H](CC)CC(=O)[C@H](C)NC([2H])([2H])[2H])[nH]c2cc(F)ccc12.[2H]C([2H])([2H])C[C@@H](C)C(=O)N[C@@H](CC)C(=O)N1C[C@@H](OC(C)=O)C[C@H]1Cc1c(-c2[nH]c3cc(F)ccc3c2CC2C[C@H](OC(C)=O)CN2C(=O)[C@H](CC)CC(=O)[C@H](C)NC([2H])([2H])[2H])[nH]c2cc(F)ccc12. The van der Waals surface area contributed by atoms with Gasteiger partial charge in [-0.25, -0.2) is 17.6 Å². The molecule has 0 saturated carbocycles. The maximum absolute atomic E-state index is 15.0. The number of ether oxygens (including phenoxy) is 2. The van der Waals surface area contributed by atoms with E-state index in [4.69, 9.17) is 25.9 Å². The van der Waals surface area contributed by atoms with Crippen molar-refractivity contribution in [3.8, 4) is 22.8 Å². The number of likely N-dealkylation sites (tertiary alicyclic amines) is 4. The molecule has 4 saturated heterocycles. The Morgan fingerprint density at radius 1 is 0.434 bits per heavy atom. The van der Waals surface area contributed by atoms with E-state index in [9.17, 15) is 66.9 Å². The molecule has 4 aliphatic rings. The number of halogens is 4. The molecular formula is C92H120F4N12O14. The maximum atomic E-state index is 15.0. The number of β-amino-alcohol motifs (C(OH)–C–C–N with tert-alkyl or cyclic N) is 2. The normalized spacial score (nSPS) is 23.0. The molecule has 26 nitrogen and oxygen atoms in total. The zero-order valence-electron chi connectivity index (χ0n) is 82.4. The number of aromatic amines is 4. The number of esters is 2. The van der Waals surface area contributed by atoms with E-state index in [2.05, 4.69) is 41.2 Å². The van der Waals surface area contributed by atoms with Gasteiger partial charge in [0.05, 0.1) is 60.2 Å². The van der Waals surface area contributed by atoms with Gasteiger partial charge in [0.2, 0.25) is 35.4 Å². The summed E-state index contributed by atoms with van der Waals surface area (Å²) in [5.41, 5.74) is 6.04. The number of nitrogens with one attached hydrogen (secondary N) is 8. The molecule has 30 heteroatoms. The predicted molar refractivity (Wildman–Crippen MR) is 457 cm³/mol. The van der Waals surface area contributed by atoms with E-state index in [1.54, 1.807) is 61.8 Å². The second-order valence-corrected chi connectivity index (χ2v) is 33.2. The number of hydrogen-bond donors (Lipinski definition) is 10. The van der Waals surface area contributed by atoms with Gasteiger partial charge in [-0.05, 0) is 200 Å². The Bertz CT molecular complexity index is 5330. The maximum Gasteiger partial charge on any atom is 0.302 e. The van der Waals surface area contributed by atoms with Gasteiger partial charge < -0.3 is 80.5 Å². The molecule has 122 heavy (non-hydrogen) atoms.